The van der Waals surface area contributed by atoms with Crippen LogP contribution in [0, 0.1) is 13.8 Å². The molecule has 1 aromatic heterocycles. The molecule has 2 unspecified atom stereocenters. The third kappa shape index (κ3) is 4.98. The van der Waals surface area contributed by atoms with Crippen molar-refractivity contribution < 1.29 is 27.4 Å². The Morgan fingerprint density at radius 1 is 1.09 bits per heavy atom. The van der Waals surface area contributed by atoms with Crippen LogP contribution >= 0.6 is 0 Å². The number of hydrogen-bond acceptors (Lipinski definition) is 6. The summed E-state index contributed by atoms with van der Waals surface area (Å²) >= 11 is 0. The second-order valence-corrected chi connectivity index (χ2v) is 8.17. The second kappa shape index (κ2) is 9.05. The van der Waals surface area contributed by atoms with Crippen molar-refractivity contribution >= 4 is 16.7 Å². The normalized spacial score (nSPS) is 17.7. The summed E-state index contributed by atoms with van der Waals surface area (Å²) in [6.07, 6.45) is -4.59. The van der Waals surface area contributed by atoms with E-state index in [1.165, 1.54) is 13.0 Å². The zero-order valence-corrected chi connectivity index (χ0v) is 18.9. The first-order valence-electron chi connectivity index (χ1n) is 10.8. The molecule has 0 spiro atoms. The van der Waals surface area contributed by atoms with Crippen LogP contribution in [0.4, 0.5) is 19.0 Å². The molecule has 1 N–H and O–H groups in total. The van der Waals surface area contributed by atoms with Gasteiger partial charge in [-0.2, -0.15) is 13.2 Å². The highest BCUT2D eigenvalue weighted by molar-refractivity contribution is 5.92. The van der Waals surface area contributed by atoms with Gasteiger partial charge in [0.05, 0.1) is 30.3 Å². The Labute approximate surface area is 190 Å². The summed E-state index contributed by atoms with van der Waals surface area (Å²) in [5.41, 5.74) is 0.735. The first-order valence-corrected chi connectivity index (χ1v) is 10.8. The molecular formula is C24H26F3N3O3. The molecule has 2 heterocycles. The molecule has 0 saturated heterocycles. The monoisotopic (exact) mass is 461 g/mol. The van der Waals surface area contributed by atoms with E-state index in [9.17, 15) is 13.2 Å². The zero-order chi connectivity index (χ0) is 23.8. The topological polar surface area (TPSA) is 65.5 Å². The Hall–Kier alpha value is -3.07. The maximum Gasteiger partial charge on any atom is 0.416 e. The first-order chi connectivity index (χ1) is 15.6. The largest absolute Gasteiger partial charge is 0.487 e. The average Bonchev–Trinajstić information content (AvgIpc) is 2.81. The summed E-state index contributed by atoms with van der Waals surface area (Å²) in [6.45, 7) is 8.23. The molecule has 3 aromatic rings. The van der Waals surface area contributed by atoms with Gasteiger partial charge in [-0.05, 0) is 51.0 Å². The van der Waals surface area contributed by atoms with Gasteiger partial charge in [-0.1, -0.05) is 12.1 Å². The third-order valence-corrected chi connectivity index (χ3v) is 5.54. The highest BCUT2D eigenvalue weighted by Crippen LogP contribution is 2.38. The highest BCUT2D eigenvalue weighted by atomic mass is 19.4. The van der Waals surface area contributed by atoms with E-state index in [0.717, 1.165) is 6.07 Å². The number of nitrogens with one attached hydrogen (secondary N) is 1. The predicted octanol–water partition coefficient (Wildman–Crippen LogP) is 5.61. The summed E-state index contributed by atoms with van der Waals surface area (Å²) in [5, 5.41) is 3.97. The molecule has 33 heavy (non-hydrogen) atoms. The molecule has 0 bridgehead atoms. The van der Waals surface area contributed by atoms with Crippen molar-refractivity contribution in [1.29, 1.82) is 0 Å². The minimum Gasteiger partial charge on any atom is -0.487 e. The van der Waals surface area contributed by atoms with Crippen LogP contribution < -0.4 is 14.8 Å². The SMILES string of the molecule is Cc1nc(NC(C)c2cccc(C(F)(F)F)c2C)c2cc3c(cc2n1)OCCOCC(C)O3. The molecule has 2 atom stereocenters. The van der Waals surface area contributed by atoms with Gasteiger partial charge in [-0.25, -0.2) is 9.97 Å². The summed E-state index contributed by atoms with van der Waals surface area (Å²) in [5.74, 6) is 2.14. The molecule has 4 rings (SSSR count). The molecule has 0 aliphatic carbocycles. The average molecular weight is 461 g/mol. The number of benzene rings is 2. The minimum absolute atomic E-state index is 0.183. The lowest BCUT2D eigenvalue weighted by Gasteiger charge is -2.22. The van der Waals surface area contributed by atoms with Gasteiger partial charge in [-0.15, -0.1) is 0 Å². The number of rotatable bonds is 3. The number of aryl methyl sites for hydroxylation is 1. The van der Waals surface area contributed by atoms with Gasteiger partial charge in [0, 0.05) is 11.5 Å². The molecule has 1 aliphatic heterocycles. The van der Waals surface area contributed by atoms with Crippen molar-refractivity contribution in [2.24, 2.45) is 0 Å². The summed E-state index contributed by atoms with van der Waals surface area (Å²) in [4.78, 5) is 9.05. The minimum atomic E-state index is -4.41. The Balaban J connectivity index is 1.74. The van der Waals surface area contributed by atoms with Crippen LogP contribution in [-0.4, -0.2) is 35.9 Å². The number of halogens is 3. The van der Waals surface area contributed by atoms with E-state index in [-0.39, 0.29) is 11.7 Å². The Morgan fingerprint density at radius 2 is 1.88 bits per heavy atom. The fourth-order valence-corrected chi connectivity index (χ4v) is 3.99. The summed E-state index contributed by atoms with van der Waals surface area (Å²) in [6, 6.07) is 7.38. The van der Waals surface area contributed by atoms with Crippen molar-refractivity contribution in [3.05, 3.63) is 52.8 Å². The summed E-state index contributed by atoms with van der Waals surface area (Å²) in [7, 11) is 0. The molecule has 176 valence electrons. The van der Waals surface area contributed by atoms with Crippen LogP contribution in [-0.2, 0) is 10.9 Å². The number of fused-ring (bicyclic) bond motifs is 2. The van der Waals surface area contributed by atoms with E-state index in [0.29, 0.717) is 59.4 Å². The van der Waals surface area contributed by atoms with Crippen molar-refractivity contribution in [2.45, 2.75) is 46.0 Å². The molecule has 2 aromatic carbocycles. The molecule has 0 radical (unpaired) electrons. The lowest BCUT2D eigenvalue weighted by atomic mass is 9.97. The van der Waals surface area contributed by atoms with Crippen LogP contribution in [0.5, 0.6) is 11.5 Å². The smallest absolute Gasteiger partial charge is 0.416 e. The van der Waals surface area contributed by atoms with E-state index < -0.39 is 17.8 Å². The fraction of sp³-hybridized carbons (Fsp3) is 0.417. The van der Waals surface area contributed by atoms with E-state index in [1.807, 2.05) is 13.8 Å². The number of hydrogen-bond donors (Lipinski definition) is 1. The van der Waals surface area contributed by atoms with Crippen molar-refractivity contribution in [2.75, 3.05) is 25.1 Å². The highest BCUT2D eigenvalue weighted by Gasteiger charge is 2.33. The number of aromatic nitrogens is 2. The van der Waals surface area contributed by atoms with Gasteiger partial charge in [0.15, 0.2) is 11.5 Å². The van der Waals surface area contributed by atoms with E-state index in [1.54, 1.807) is 25.1 Å². The predicted molar refractivity (Wildman–Crippen MR) is 119 cm³/mol. The van der Waals surface area contributed by atoms with Crippen molar-refractivity contribution in [3.8, 4) is 11.5 Å². The van der Waals surface area contributed by atoms with Crippen LogP contribution in [0.2, 0.25) is 0 Å². The molecule has 0 amide bonds. The second-order valence-electron chi connectivity index (χ2n) is 8.17. The molecular weight excluding hydrogens is 435 g/mol. The van der Waals surface area contributed by atoms with Gasteiger partial charge >= 0.3 is 6.18 Å². The molecule has 0 saturated carbocycles. The maximum absolute atomic E-state index is 13.4. The Bertz CT molecular complexity index is 1170. The standard InChI is InChI=1S/C24H26F3N3O3/c1-13-12-31-8-9-32-21-11-20-18(10-22(21)33-13)23(30-16(4)29-20)28-15(3)17-6-5-7-19(14(17)2)24(25,26)27/h5-7,10-11,13,15H,8-9,12H2,1-4H3,(H,28,29,30). The quantitative estimate of drug-likeness (QED) is 0.547. The Morgan fingerprint density at radius 3 is 2.64 bits per heavy atom. The maximum atomic E-state index is 13.4. The van der Waals surface area contributed by atoms with Gasteiger partial charge < -0.3 is 19.5 Å². The van der Waals surface area contributed by atoms with Crippen LogP contribution in [0.1, 0.15) is 42.4 Å². The van der Waals surface area contributed by atoms with Crippen LogP contribution in [0.25, 0.3) is 10.9 Å². The van der Waals surface area contributed by atoms with Gasteiger partial charge in [0.2, 0.25) is 0 Å². The number of ether oxygens (including phenoxy) is 3. The first kappa shape index (κ1) is 23.1. The van der Waals surface area contributed by atoms with Gasteiger partial charge in [0.1, 0.15) is 24.4 Å². The van der Waals surface area contributed by atoms with Crippen molar-refractivity contribution in [3.63, 3.8) is 0 Å². The lowest BCUT2D eigenvalue weighted by molar-refractivity contribution is -0.138. The lowest BCUT2D eigenvalue weighted by Crippen LogP contribution is -2.19. The zero-order valence-electron chi connectivity index (χ0n) is 18.9. The number of alkyl halides is 3. The van der Waals surface area contributed by atoms with Crippen LogP contribution in [0.15, 0.2) is 30.3 Å². The number of nitrogens with zero attached hydrogens (tertiary/aromatic N) is 2. The molecule has 9 heteroatoms. The summed E-state index contributed by atoms with van der Waals surface area (Å²) < 4.78 is 57.5. The number of anilines is 1. The van der Waals surface area contributed by atoms with Gasteiger partial charge in [-0.3, -0.25) is 0 Å². The van der Waals surface area contributed by atoms with Gasteiger partial charge in [0.25, 0.3) is 0 Å². The van der Waals surface area contributed by atoms with E-state index >= 15 is 0 Å². The molecule has 6 nitrogen and oxygen atoms in total. The van der Waals surface area contributed by atoms with E-state index in [4.69, 9.17) is 14.2 Å². The molecule has 0 fully saturated rings. The fourth-order valence-electron chi connectivity index (χ4n) is 3.99. The third-order valence-electron chi connectivity index (χ3n) is 5.54. The van der Waals surface area contributed by atoms with Crippen molar-refractivity contribution in [1.82, 2.24) is 9.97 Å². The molecule has 1 aliphatic rings. The van der Waals surface area contributed by atoms with Crippen LogP contribution in [0.3, 0.4) is 0 Å². The Kier molecular flexibility index (Phi) is 6.34. The van der Waals surface area contributed by atoms with E-state index in [2.05, 4.69) is 15.3 Å².